The SMILES string of the molecule is CSc1ccc(C)c(C(=O)NC2(CO)CCC2)c1. The molecule has 0 bridgehead atoms. The molecule has 0 radical (unpaired) electrons. The van der Waals surface area contributed by atoms with Gasteiger partial charge in [0.25, 0.3) is 5.91 Å². The Labute approximate surface area is 112 Å². The van der Waals surface area contributed by atoms with E-state index in [1.165, 1.54) is 0 Å². The fourth-order valence-corrected chi connectivity index (χ4v) is 2.65. The third kappa shape index (κ3) is 2.54. The van der Waals surface area contributed by atoms with Crippen LogP contribution >= 0.6 is 11.8 Å². The van der Waals surface area contributed by atoms with Crippen molar-refractivity contribution in [1.29, 1.82) is 0 Å². The lowest BCUT2D eigenvalue weighted by atomic mass is 9.77. The number of nitrogens with one attached hydrogen (secondary N) is 1. The highest BCUT2D eigenvalue weighted by molar-refractivity contribution is 7.98. The second kappa shape index (κ2) is 5.33. The maximum absolute atomic E-state index is 12.3. The summed E-state index contributed by atoms with van der Waals surface area (Å²) in [5, 5.41) is 12.4. The summed E-state index contributed by atoms with van der Waals surface area (Å²) >= 11 is 1.62. The normalized spacial score (nSPS) is 17.1. The number of rotatable bonds is 4. The van der Waals surface area contributed by atoms with Crippen molar-refractivity contribution in [2.45, 2.75) is 36.6 Å². The molecule has 98 valence electrons. The van der Waals surface area contributed by atoms with Gasteiger partial charge in [-0.2, -0.15) is 0 Å². The van der Waals surface area contributed by atoms with Crippen molar-refractivity contribution in [1.82, 2.24) is 5.32 Å². The molecule has 4 heteroatoms. The molecule has 0 saturated heterocycles. The Morgan fingerprint density at radius 3 is 2.72 bits per heavy atom. The highest BCUT2D eigenvalue weighted by atomic mass is 32.2. The van der Waals surface area contributed by atoms with Crippen molar-refractivity contribution in [2.75, 3.05) is 12.9 Å². The first kappa shape index (κ1) is 13.4. The van der Waals surface area contributed by atoms with Gasteiger partial charge in [-0.05, 0) is 50.1 Å². The Balaban J connectivity index is 2.18. The van der Waals surface area contributed by atoms with Crippen LogP contribution < -0.4 is 5.32 Å². The lowest BCUT2D eigenvalue weighted by Crippen LogP contribution is -2.56. The molecule has 0 aliphatic heterocycles. The van der Waals surface area contributed by atoms with Crippen LogP contribution in [0.5, 0.6) is 0 Å². The molecule has 0 spiro atoms. The fourth-order valence-electron chi connectivity index (χ4n) is 2.21. The van der Waals surface area contributed by atoms with Gasteiger partial charge in [0, 0.05) is 10.5 Å². The number of thioether (sulfide) groups is 1. The van der Waals surface area contributed by atoms with Gasteiger partial charge in [0.05, 0.1) is 12.1 Å². The topological polar surface area (TPSA) is 49.3 Å². The number of aliphatic hydroxyl groups is 1. The Bertz CT molecular complexity index is 450. The lowest BCUT2D eigenvalue weighted by molar-refractivity contribution is 0.0641. The summed E-state index contributed by atoms with van der Waals surface area (Å²) in [6.07, 6.45) is 4.81. The van der Waals surface area contributed by atoms with Gasteiger partial charge in [-0.25, -0.2) is 0 Å². The lowest BCUT2D eigenvalue weighted by Gasteiger charge is -2.41. The summed E-state index contributed by atoms with van der Waals surface area (Å²) < 4.78 is 0. The van der Waals surface area contributed by atoms with E-state index in [0.29, 0.717) is 5.56 Å². The third-order valence-corrected chi connectivity index (χ3v) is 4.41. The van der Waals surface area contributed by atoms with Gasteiger partial charge in [0.1, 0.15) is 0 Å². The van der Waals surface area contributed by atoms with Gasteiger partial charge in [-0.15, -0.1) is 11.8 Å². The van der Waals surface area contributed by atoms with E-state index in [1.54, 1.807) is 11.8 Å². The number of amides is 1. The van der Waals surface area contributed by atoms with Crippen molar-refractivity contribution >= 4 is 17.7 Å². The molecule has 0 aromatic heterocycles. The van der Waals surface area contributed by atoms with Gasteiger partial charge >= 0.3 is 0 Å². The van der Waals surface area contributed by atoms with Crippen LogP contribution in [0.1, 0.15) is 35.2 Å². The average molecular weight is 265 g/mol. The van der Waals surface area contributed by atoms with Crippen LogP contribution in [0.15, 0.2) is 23.1 Å². The summed E-state index contributed by atoms with van der Waals surface area (Å²) in [6, 6.07) is 5.90. The van der Waals surface area contributed by atoms with Crippen molar-refractivity contribution in [3.05, 3.63) is 29.3 Å². The predicted molar refractivity (Wildman–Crippen MR) is 74.1 cm³/mol. The molecule has 1 aromatic rings. The molecule has 2 rings (SSSR count). The van der Waals surface area contributed by atoms with E-state index in [4.69, 9.17) is 0 Å². The van der Waals surface area contributed by atoms with Crippen LogP contribution in [0.3, 0.4) is 0 Å². The summed E-state index contributed by atoms with van der Waals surface area (Å²) in [6.45, 7) is 1.96. The molecule has 1 fully saturated rings. The summed E-state index contributed by atoms with van der Waals surface area (Å²) in [7, 11) is 0. The van der Waals surface area contributed by atoms with E-state index in [2.05, 4.69) is 5.32 Å². The second-order valence-electron chi connectivity index (χ2n) is 4.93. The van der Waals surface area contributed by atoms with E-state index in [9.17, 15) is 9.90 Å². The zero-order valence-corrected chi connectivity index (χ0v) is 11.6. The molecular weight excluding hydrogens is 246 g/mol. The third-order valence-electron chi connectivity index (χ3n) is 3.68. The predicted octanol–water partition coefficient (Wildman–Crippen LogP) is 2.36. The quantitative estimate of drug-likeness (QED) is 0.822. The molecule has 0 unspecified atom stereocenters. The minimum absolute atomic E-state index is 0.0278. The Kier molecular flexibility index (Phi) is 3.97. The Hall–Kier alpha value is -1.00. The molecular formula is C14H19NO2S. The van der Waals surface area contributed by atoms with Crippen molar-refractivity contribution in [3.63, 3.8) is 0 Å². The van der Waals surface area contributed by atoms with Crippen LogP contribution in [-0.4, -0.2) is 29.4 Å². The molecule has 1 aliphatic rings. The summed E-state index contributed by atoms with van der Waals surface area (Å²) in [4.78, 5) is 13.4. The van der Waals surface area contributed by atoms with Gasteiger partial charge in [-0.3, -0.25) is 4.79 Å². The van der Waals surface area contributed by atoms with Crippen LogP contribution in [0.4, 0.5) is 0 Å². The van der Waals surface area contributed by atoms with E-state index < -0.39 is 0 Å². The van der Waals surface area contributed by atoms with E-state index >= 15 is 0 Å². The fraction of sp³-hybridized carbons (Fsp3) is 0.500. The molecule has 1 saturated carbocycles. The maximum Gasteiger partial charge on any atom is 0.252 e. The number of carbonyl (C=O) groups is 1. The number of aryl methyl sites for hydroxylation is 1. The molecule has 18 heavy (non-hydrogen) atoms. The number of hydrogen-bond acceptors (Lipinski definition) is 3. The highest BCUT2D eigenvalue weighted by Crippen LogP contribution is 2.31. The minimum atomic E-state index is -0.376. The zero-order chi connectivity index (χ0) is 13.2. The first-order valence-electron chi connectivity index (χ1n) is 6.18. The van der Waals surface area contributed by atoms with Crippen LogP contribution in [0.2, 0.25) is 0 Å². The number of hydrogen-bond donors (Lipinski definition) is 2. The maximum atomic E-state index is 12.3. The number of benzene rings is 1. The van der Waals surface area contributed by atoms with Gasteiger partial charge in [0.15, 0.2) is 0 Å². The monoisotopic (exact) mass is 265 g/mol. The van der Waals surface area contributed by atoms with E-state index in [-0.39, 0.29) is 18.1 Å². The van der Waals surface area contributed by atoms with Crippen molar-refractivity contribution in [2.24, 2.45) is 0 Å². The molecule has 1 amide bonds. The van der Waals surface area contributed by atoms with Gasteiger partial charge < -0.3 is 10.4 Å². The van der Waals surface area contributed by atoms with Crippen LogP contribution in [0.25, 0.3) is 0 Å². The Morgan fingerprint density at radius 2 is 2.22 bits per heavy atom. The van der Waals surface area contributed by atoms with Gasteiger partial charge in [-0.1, -0.05) is 6.07 Å². The van der Waals surface area contributed by atoms with Crippen LogP contribution in [0, 0.1) is 6.92 Å². The number of carbonyl (C=O) groups excluding carboxylic acids is 1. The minimum Gasteiger partial charge on any atom is -0.394 e. The first-order valence-corrected chi connectivity index (χ1v) is 7.41. The molecule has 1 aromatic carbocycles. The molecule has 0 heterocycles. The standard InChI is InChI=1S/C14H19NO2S/c1-10-4-5-11(18-2)8-12(10)13(17)15-14(9-16)6-3-7-14/h4-5,8,16H,3,6-7,9H2,1-2H3,(H,15,17). The average Bonchev–Trinajstić information content (AvgIpc) is 2.34. The highest BCUT2D eigenvalue weighted by Gasteiger charge is 2.38. The zero-order valence-electron chi connectivity index (χ0n) is 10.8. The smallest absolute Gasteiger partial charge is 0.252 e. The van der Waals surface area contributed by atoms with Gasteiger partial charge in [0.2, 0.25) is 0 Å². The van der Waals surface area contributed by atoms with E-state index in [0.717, 1.165) is 29.7 Å². The summed E-state index contributed by atoms with van der Waals surface area (Å²) in [5.74, 6) is -0.0721. The van der Waals surface area contributed by atoms with Crippen molar-refractivity contribution in [3.8, 4) is 0 Å². The van der Waals surface area contributed by atoms with Crippen molar-refractivity contribution < 1.29 is 9.90 Å². The molecule has 1 aliphatic carbocycles. The van der Waals surface area contributed by atoms with E-state index in [1.807, 2.05) is 31.4 Å². The largest absolute Gasteiger partial charge is 0.394 e. The number of aliphatic hydroxyl groups excluding tert-OH is 1. The molecule has 3 nitrogen and oxygen atoms in total. The summed E-state index contributed by atoms with van der Waals surface area (Å²) in [5.41, 5.74) is 1.30. The van der Waals surface area contributed by atoms with Crippen LogP contribution in [-0.2, 0) is 0 Å². The Morgan fingerprint density at radius 1 is 1.50 bits per heavy atom. The second-order valence-corrected chi connectivity index (χ2v) is 5.81. The molecule has 0 atom stereocenters. The first-order chi connectivity index (χ1) is 8.60. The molecule has 2 N–H and O–H groups in total.